The van der Waals surface area contributed by atoms with E-state index >= 15 is 0 Å². The summed E-state index contributed by atoms with van der Waals surface area (Å²) in [6, 6.07) is 7.47. The lowest BCUT2D eigenvalue weighted by Gasteiger charge is -2.10. The van der Waals surface area contributed by atoms with Gasteiger partial charge in [0.05, 0.1) is 6.10 Å². The van der Waals surface area contributed by atoms with E-state index in [4.69, 9.17) is 11.6 Å². The zero-order valence-corrected chi connectivity index (χ0v) is 8.87. The minimum Gasteiger partial charge on any atom is -0.388 e. The van der Waals surface area contributed by atoms with Gasteiger partial charge in [0, 0.05) is 5.02 Å². The van der Waals surface area contributed by atoms with Crippen molar-refractivity contribution in [2.75, 3.05) is 0 Å². The van der Waals surface area contributed by atoms with Crippen LogP contribution in [0.3, 0.4) is 0 Å². The molecule has 2 rings (SSSR count). The van der Waals surface area contributed by atoms with Crippen LogP contribution in [-0.4, -0.2) is 5.11 Å². The van der Waals surface area contributed by atoms with Gasteiger partial charge in [0.2, 0.25) is 0 Å². The largest absolute Gasteiger partial charge is 0.388 e. The molecule has 0 radical (unpaired) electrons. The highest BCUT2D eigenvalue weighted by molar-refractivity contribution is 6.30. The Balaban J connectivity index is 1.88. The summed E-state index contributed by atoms with van der Waals surface area (Å²) in [4.78, 5) is 0. The normalized spacial score (nSPS) is 18.1. The van der Waals surface area contributed by atoms with Crippen LogP contribution in [0.4, 0.5) is 0 Å². The average molecular weight is 211 g/mol. The first-order valence-electron chi connectivity index (χ1n) is 5.19. The topological polar surface area (TPSA) is 20.2 Å². The van der Waals surface area contributed by atoms with Crippen molar-refractivity contribution in [1.82, 2.24) is 0 Å². The van der Waals surface area contributed by atoms with Gasteiger partial charge in [-0.3, -0.25) is 0 Å². The van der Waals surface area contributed by atoms with Crippen molar-refractivity contribution in [3.8, 4) is 0 Å². The van der Waals surface area contributed by atoms with Crippen molar-refractivity contribution >= 4 is 11.6 Å². The maximum Gasteiger partial charge on any atom is 0.0790 e. The molecule has 2 heteroatoms. The maximum absolute atomic E-state index is 9.84. The summed E-state index contributed by atoms with van der Waals surface area (Å²) in [7, 11) is 0. The Kier molecular flexibility index (Phi) is 3.09. The van der Waals surface area contributed by atoms with E-state index in [0.29, 0.717) is 0 Å². The van der Waals surface area contributed by atoms with E-state index in [2.05, 4.69) is 0 Å². The molecule has 1 atom stereocenters. The molecule has 76 valence electrons. The fourth-order valence-corrected chi connectivity index (χ4v) is 1.78. The number of hydrogen-bond acceptors (Lipinski definition) is 1. The first-order chi connectivity index (χ1) is 6.75. The smallest absolute Gasteiger partial charge is 0.0790 e. The van der Waals surface area contributed by atoms with Crippen LogP contribution in [-0.2, 0) is 0 Å². The Hall–Kier alpha value is -0.530. The number of halogens is 1. The monoisotopic (exact) mass is 210 g/mol. The van der Waals surface area contributed by atoms with Crippen molar-refractivity contribution < 1.29 is 5.11 Å². The fraction of sp³-hybridized carbons (Fsp3) is 0.500. The van der Waals surface area contributed by atoms with Crippen molar-refractivity contribution in [2.24, 2.45) is 5.92 Å². The fourth-order valence-electron chi connectivity index (χ4n) is 1.65. The Morgan fingerprint density at radius 3 is 2.50 bits per heavy atom. The highest BCUT2D eigenvalue weighted by Crippen LogP contribution is 2.35. The van der Waals surface area contributed by atoms with Crippen LogP contribution < -0.4 is 0 Å². The first-order valence-corrected chi connectivity index (χ1v) is 5.57. The summed E-state index contributed by atoms with van der Waals surface area (Å²) >= 11 is 5.77. The highest BCUT2D eigenvalue weighted by atomic mass is 35.5. The molecule has 0 saturated heterocycles. The predicted molar refractivity (Wildman–Crippen MR) is 58.4 cm³/mol. The summed E-state index contributed by atoms with van der Waals surface area (Å²) < 4.78 is 0. The van der Waals surface area contributed by atoms with Gasteiger partial charge in [-0.1, -0.05) is 36.6 Å². The quantitative estimate of drug-likeness (QED) is 0.806. The van der Waals surface area contributed by atoms with E-state index in [1.165, 1.54) is 12.8 Å². The SMILES string of the molecule is OC(CCC1CC1)c1ccc(Cl)cc1. The molecule has 1 nitrogen and oxygen atoms in total. The summed E-state index contributed by atoms with van der Waals surface area (Å²) in [5.74, 6) is 0.886. The van der Waals surface area contributed by atoms with Gasteiger partial charge in [0.25, 0.3) is 0 Å². The minimum absolute atomic E-state index is 0.312. The third-order valence-electron chi connectivity index (χ3n) is 2.80. The molecular weight excluding hydrogens is 196 g/mol. The van der Waals surface area contributed by atoms with Crippen LogP contribution in [0, 0.1) is 5.92 Å². The molecule has 1 aliphatic rings. The molecule has 1 aromatic carbocycles. The van der Waals surface area contributed by atoms with E-state index in [1.807, 2.05) is 24.3 Å². The van der Waals surface area contributed by atoms with Gasteiger partial charge in [0.1, 0.15) is 0 Å². The molecule has 0 aliphatic heterocycles. The zero-order chi connectivity index (χ0) is 9.97. The molecule has 0 aromatic heterocycles. The van der Waals surface area contributed by atoms with Crippen LogP contribution in [0.2, 0.25) is 5.02 Å². The van der Waals surface area contributed by atoms with Crippen LogP contribution in [0.1, 0.15) is 37.4 Å². The number of hydrogen-bond donors (Lipinski definition) is 1. The molecule has 0 bridgehead atoms. The van der Waals surface area contributed by atoms with Gasteiger partial charge in [-0.05, 0) is 36.5 Å². The van der Waals surface area contributed by atoms with Gasteiger partial charge >= 0.3 is 0 Å². The van der Waals surface area contributed by atoms with Gasteiger partial charge in [-0.15, -0.1) is 0 Å². The minimum atomic E-state index is -0.312. The molecule has 1 saturated carbocycles. The average Bonchev–Trinajstić information content (AvgIpc) is 2.99. The molecule has 0 spiro atoms. The third-order valence-corrected chi connectivity index (χ3v) is 3.05. The Morgan fingerprint density at radius 1 is 1.29 bits per heavy atom. The van der Waals surface area contributed by atoms with E-state index in [9.17, 15) is 5.11 Å². The molecular formula is C12H15ClO. The number of aliphatic hydroxyl groups excluding tert-OH is 1. The second kappa shape index (κ2) is 4.33. The number of benzene rings is 1. The van der Waals surface area contributed by atoms with Gasteiger partial charge in [-0.25, -0.2) is 0 Å². The molecule has 1 unspecified atom stereocenters. The molecule has 0 heterocycles. The van der Waals surface area contributed by atoms with Crippen LogP contribution in [0.25, 0.3) is 0 Å². The highest BCUT2D eigenvalue weighted by Gasteiger charge is 2.22. The van der Waals surface area contributed by atoms with Gasteiger partial charge in [-0.2, -0.15) is 0 Å². The van der Waals surface area contributed by atoms with E-state index in [-0.39, 0.29) is 6.10 Å². The first kappa shape index (κ1) is 10.0. The van der Waals surface area contributed by atoms with Gasteiger partial charge in [0.15, 0.2) is 0 Å². The standard InChI is InChI=1S/C12H15ClO/c13-11-6-4-10(5-7-11)12(14)8-3-9-1-2-9/h4-7,9,12,14H,1-3,8H2. The summed E-state index contributed by atoms with van der Waals surface area (Å²) in [5, 5.41) is 10.6. The second-order valence-corrected chi connectivity index (χ2v) is 4.52. The molecule has 1 fully saturated rings. The van der Waals surface area contributed by atoms with Crippen LogP contribution >= 0.6 is 11.6 Å². The lowest BCUT2D eigenvalue weighted by atomic mass is 10.0. The predicted octanol–water partition coefficient (Wildman–Crippen LogP) is 3.56. The summed E-state index contributed by atoms with van der Waals surface area (Å²) in [5.41, 5.74) is 0.982. The Morgan fingerprint density at radius 2 is 1.93 bits per heavy atom. The Labute approximate surface area is 89.7 Å². The molecule has 1 aromatic rings. The lowest BCUT2D eigenvalue weighted by Crippen LogP contribution is -1.97. The molecule has 0 amide bonds. The number of rotatable bonds is 4. The lowest BCUT2D eigenvalue weighted by molar-refractivity contribution is 0.162. The van der Waals surface area contributed by atoms with Gasteiger partial charge < -0.3 is 5.11 Å². The zero-order valence-electron chi connectivity index (χ0n) is 8.12. The van der Waals surface area contributed by atoms with Crippen molar-refractivity contribution in [2.45, 2.75) is 31.8 Å². The van der Waals surface area contributed by atoms with Crippen LogP contribution in [0.15, 0.2) is 24.3 Å². The number of aliphatic hydroxyl groups is 1. The third kappa shape index (κ3) is 2.73. The van der Waals surface area contributed by atoms with Crippen LogP contribution in [0.5, 0.6) is 0 Å². The molecule has 14 heavy (non-hydrogen) atoms. The van der Waals surface area contributed by atoms with Crippen molar-refractivity contribution in [3.63, 3.8) is 0 Å². The Bertz CT molecular complexity index is 290. The summed E-state index contributed by atoms with van der Waals surface area (Å²) in [6.45, 7) is 0. The molecule has 1 aliphatic carbocycles. The molecule has 1 N–H and O–H groups in total. The summed E-state index contributed by atoms with van der Waals surface area (Å²) in [6.07, 6.45) is 4.43. The van der Waals surface area contributed by atoms with E-state index in [0.717, 1.165) is 29.3 Å². The van der Waals surface area contributed by atoms with Crippen molar-refractivity contribution in [3.05, 3.63) is 34.9 Å². The maximum atomic E-state index is 9.84. The van der Waals surface area contributed by atoms with Crippen molar-refractivity contribution in [1.29, 1.82) is 0 Å². The van der Waals surface area contributed by atoms with E-state index in [1.54, 1.807) is 0 Å². The van der Waals surface area contributed by atoms with E-state index < -0.39 is 0 Å². The second-order valence-electron chi connectivity index (χ2n) is 4.09.